The van der Waals surface area contributed by atoms with Gasteiger partial charge in [-0.15, -0.1) is 0 Å². The number of aliphatic hydroxyl groups excluding tert-OH is 1. The summed E-state index contributed by atoms with van der Waals surface area (Å²) in [7, 11) is 0. The lowest BCUT2D eigenvalue weighted by Gasteiger charge is -2.36. The van der Waals surface area contributed by atoms with Crippen LogP contribution in [0.25, 0.3) is 10.9 Å². The minimum Gasteiger partial charge on any atom is -0.396 e. The molecule has 0 radical (unpaired) electrons. The van der Waals surface area contributed by atoms with E-state index in [-0.39, 0.29) is 6.61 Å². The van der Waals surface area contributed by atoms with Crippen LogP contribution in [0.3, 0.4) is 0 Å². The zero-order chi connectivity index (χ0) is 14.3. The quantitative estimate of drug-likeness (QED) is 0.898. The van der Waals surface area contributed by atoms with Gasteiger partial charge in [0.2, 0.25) is 0 Å². The molecule has 0 bridgehead atoms. The van der Waals surface area contributed by atoms with Crippen molar-refractivity contribution in [2.45, 2.75) is 31.8 Å². The van der Waals surface area contributed by atoms with Gasteiger partial charge in [-0.3, -0.25) is 0 Å². The summed E-state index contributed by atoms with van der Waals surface area (Å²) in [5, 5.41) is 11.7. The van der Waals surface area contributed by atoms with E-state index < -0.39 is 5.60 Å². The number of benzene rings is 1. The van der Waals surface area contributed by atoms with E-state index in [9.17, 15) is 5.11 Å². The number of rotatable bonds is 3. The maximum atomic E-state index is 9.37. The summed E-state index contributed by atoms with van der Waals surface area (Å²) in [6.45, 7) is 2.82. The van der Waals surface area contributed by atoms with E-state index in [0.717, 1.165) is 29.4 Å². The number of aromatic nitrogens is 1. The summed E-state index contributed by atoms with van der Waals surface area (Å²) >= 11 is 12.4. The van der Waals surface area contributed by atoms with Gasteiger partial charge in [-0.1, -0.05) is 30.1 Å². The molecule has 1 unspecified atom stereocenters. The van der Waals surface area contributed by atoms with Crippen LogP contribution in [0.2, 0.25) is 10.0 Å². The summed E-state index contributed by atoms with van der Waals surface area (Å²) in [6, 6.07) is 3.69. The smallest absolute Gasteiger partial charge is 0.110 e. The molecule has 3 rings (SSSR count). The summed E-state index contributed by atoms with van der Waals surface area (Å²) in [6.07, 6.45) is 2.21. The van der Waals surface area contributed by atoms with E-state index in [1.165, 1.54) is 5.56 Å². The minimum atomic E-state index is -0.447. The predicted octanol–water partition coefficient (Wildman–Crippen LogP) is 4.04. The van der Waals surface area contributed by atoms with E-state index in [1.807, 2.05) is 6.07 Å². The molecule has 0 amide bonds. The number of aromatic amines is 1. The molecule has 0 saturated carbocycles. The average molecular weight is 314 g/mol. The molecule has 1 aromatic heterocycles. The second-order valence-corrected chi connectivity index (χ2v) is 6.05. The number of aliphatic hydroxyl groups is 1. The Bertz CT molecular complexity index is 653. The molecule has 1 atom stereocenters. The Morgan fingerprint density at radius 3 is 2.90 bits per heavy atom. The fourth-order valence-electron chi connectivity index (χ4n) is 3.18. The Morgan fingerprint density at radius 1 is 1.40 bits per heavy atom. The first-order chi connectivity index (χ1) is 9.61. The van der Waals surface area contributed by atoms with Gasteiger partial charge in [0.25, 0.3) is 0 Å². The highest BCUT2D eigenvalue weighted by Crippen LogP contribution is 2.43. The van der Waals surface area contributed by atoms with Crippen LogP contribution in [-0.2, 0) is 16.8 Å². The van der Waals surface area contributed by atoms with Crippen LogP contribution in [0, 0.1) is 0 Å². The van der Waals surface area contributed by atoms with Crippen molar-refractivity contribution in [2.75, 3.05) is 13.2 Å². The molecule has 108 valence electrons. The van der Waals surface area contributed by atoms with Crippen LogP contribution in [0.4, 0.5) is 0 Å². The number of nitrogens with one attached hydrogen (secondary N) is 1. The third-order valence-corrected chi connectivity index (χ3v) is 4.72. The largest absolute Gasteiger partial charge is 0.396 e. The molecule has 2 aromatic rings. The van der Waals surface area contributed by atoms with E-state index >= 15 is 0 Å². The highest BCUT2D eigenvalue weighted by Gasteiger charge is 2.38. The lowest BCUT2D eigenvalue weighted by Crippen LogP contribution is -2.36. The van der Waals surface area contributed by atoms with Crippen LogP contribution in [0.15, 0.2) is 12.1 Å². The van der Waals surface area contributed by atoms with Gasteiger partial charge in [0, 0.05) is 23.4 Å². The van der Waals surface area contributed by atoms with Crippen LogP contribution >= 0.6 is 23.2 Å². The fraction of sp³-hybridized carbons (Fsp3) is 0.467. The predicted molar refractivity (Wildman–Crippen MR) is 81.6 cm³/mol. The highest BCUT2D eigenvalue weighted by atomic mass is 35.5. The number of hydrogen-bond donors (Lipinski definition) is 2. The second-order valence-electron chi connectivity index (χ2n) is 5.21. The Morgan fingerprint density at radius 2 is 2.20 bits per heavy atom. The topological polar surface area (TPSA) is 45.2 Å². The third-order valence-electron chi connectivity index (χ3n) is 4.20. The first kappa shape index (κ1) is 14.2. The fourth-order valence-corrected chi connectivity index (χ4v) is 3.72. The van der Waals surface area contributed by atoms with Crippen molar-refractivity contribution in [3.8, 4) is 0 Å². The summed E-state index contributed by atoms with van der Waals surface area (Å²) < 4.78 is 6.01. The Labute approximate surface area is 127 Å². The van der Waals surface area contributed by atoms with Gasteiger partial charge in [-0.2, -0.15) is 0 Å². The molecular weight excluding hydrogens is 297 g/mol. The van der Waals surface area contributed by atoms with Crippen molar-refractivity contribution in [3.05, 3.63) is 33.4 Å². The van der Waals surface area contributed by atoms with Crippen molar-refractivity contribution in [3.63, 3.8) is 0 Å². The standard InChI is InChI=1S/C15H17Cl2NO2/c1-2-15(4-5-19)14-10(3-6-20-15)11-7-9(16)8-12(17)13(11)18-14/h7-8,18-19H,2-6H2,1H3. The SMILES string of the molecule is CCC1(CCO)OCCc2c1[nH]c1c(Cl)cc(Cl)cc21. The molecular formula is C15H17Cl2NO2. The second kappa shape index (κ2) is 5.23. The van der Waals surface area contributed by atoms with Gasteiger partial charge in [-0.05, 0) is 30.5 Å². The number of ether oxygens (including phenoxy) is 1. The Kier molecular flexibility index (Phi) is 3.71. The minimum absolute atomic E-state index is 0.0944. The maximum absolute atomic E-state index is 9.37. The molecule has 5 heteroatoms. The van der Waals surface area contributed by atoms with Crippen molar-refractivity contribution >= 4 is 34.1 Å². The monoisotopic (exact) mass is 313 g/mol. The summed E-state index contributed by atoms with van der Waals surface area (Å²) in [5.74, 6) is 0. The molecule has 2 N–H and O–H groups in total. The van der Waals surface area contributed by atoms with E-state index in [2.05, 4.69) is 11.9 Å². The molecule has 0 saturated heterocycles. The molecule has 2 heterocycles. The van der Waals surface area contributed by atoms with Crippen LogP contribution in [0.5, 0.6) is 0 Å². The molecule has 1 aromatic carbocycles. The van der Waals surface area contributed by atoms with Crippen LogP contribution in [-0.4, -0.2) is 23.3 Å². The lowest BCUT2D eigenvalue weighted by molar-refractivity contribution is -0.0795. The molecule has 0 fully saturated rings. The van der Waals surface area contributed by atoms with Gasteiger partial charge in [0.05, 0.1) is 22.8 Å². The highest BCUT2D eigenvalue weighted by molar-refractivity contribution is 6.38. The number of fused-ring (bicyclic) bond motifs is 3. The summed E-state index contributed by atoms with van der Waals surface area (Å²) in [4.78, 5) is 3.41. The van der Waals surface area contributed by atoms with Crippen molar-refractivity contribution < 1.29 is 9.84 Å². The molecule has 3 nitrogen and oxygen atoms in total. The Hall–Kier alpha value is -0.740. The molecule has 20 heavy (non-hydrogen) atoms. The molecule has 0 aliphatic carbocycles. The first-order valence-electron chi connectivity index (χ1n) is 6.86. The van der Waals surface area contributed by atoms with E-state index in [1.54, 1.807) is 6.07 Å². The average Bonchev–Trinajstić information content (AvgIpc) is 2.80. The van der Waals surface area contributed by atoms with Crippen molar-refractivity contribution in [1.29, 1.82) is 0 Å². The number of halogens is 2. The van der Waals surface area contributed by atoms with Crippen LogP contribution < -0.4 is 0 Å². The van der Waals surface area contributed by atoms with Gasteiger partial charge in [0.1, 0.15) is 5.60 Å². The zero-order valence-electron chi connectivity index (χ0n) is 11.3. The van der Waals surface area contributed by atoms with Gasteiger partial charge < -0.3 is 14.8 Å². The summed E-state index contributed by atoms with van der Waals surface area (Å²) in [5.41, 5.74) is 2.71. The van der Waals surface area contributed by atoms with Crippen molar-refractivity contribution in [2.24, 2.45) is 0 Å². The van der Waals surface area contributed by atoms with E-state index in [4.69, 9.17) is 27.9 Å². The number of H-pyrrole nitrogens is 1. The van der Waals surface area contributed by atoms with Gasteiger partial charge >= 0.3 is 0 Å². The Balaban J connectivity index is 2.27. The third kappa shape index (κ3) is 2.04. The normalized spacial score (nSPS) is 22.2. The molecule has 1 aliphatic rings. The zero-order valence-corrected chi connectivity index (χ0v) is 12.8. The molecule has 0 spiro atoms. The van der Waals surface area contributed by atoms with Crippen molar-refractivity contribution in [1.82, 2.24) is 4.98 Å². The first-order valence-corrected chi connectivity index (χ1v) is 7.62. The lowest BCUT2D eigenvalue weighted by atomic mass is 9.86. The van der Waals surface area contributed by atoms with Crippen LogP contribution in [0.1, 0.15) is 31.0 Å². The molecule has 1 aliphatic heterocycles. The van der Waals surface area contributed by atoms with Gasteiger partial charge in [0.15, 0.2) is 0 Å². The maximum Gasteiger partial charge on any atom is 0.110 e. The van der Waals surface area contributed by atoms with E-state index in [0.29, 0.717) is 23.1 Å². The van der Waals surface area contributed by atoms with Gasteiger partial charge in [-0.25, -0.2) is 0 Å². The number of hydrogen-bond acceptors (Lipinski definition) is 2.